The van der Waals surface area contributed by atoms with Crippen molar-refractivity contribution >= 4 is 13.2 Å². The highest BCUT2D eigenvalue weighted by Gasteiger charge is 2.69. The van der Waals surface area contributed by atoms with E-state index in [1.807, 2.05) is 6.92 Å². The molecule has 0 saturated heterocycles. The summed E-state index contributed by atoms with van der Waals surface area (Å²) in [5.74, 6) is -12.9. The SMILES string of the molecule is CCCCCCCCC[PH+](c1c(F)c(F)c(F)c(F)c1F)C(F)(F)C(F)(F)F. The minimum atomic E-state index is -6.18. The Balaban J connectivity index is 3.18. The van der Waals surface area contributed by atoms with Crippen molar-refractivity contribution in [3.05, 3.63) is 29.1 Å². The molecule has 0 heterocycles. The van der Waals surface area contributed by atoms with Crippen LogP contribution in [0.1, 0.15) is 51.9 Å². The van der Waals surface area contributed by atoms with Crippen LogP contribution in [0.2, 0.25) is 0 Å². The van der Waals surface area contributed by atoms with Crippen LogP contribution in [0.3, 0.4) is 0 Å². The standard InChI is InChI=1S/C17H19F10P/c1-2-3-4-5-6-7-8-9-28(17(26,27)16(23,24)25)15-13(21)11(19)10(18)12(20)14(15)22/h2-9H2,1H3/p+1. The Labute approximate surface area is 157 Å². The van der Waals surface area contributed by atoms with Gasteiger partial charge < -0.3 is 0 Å². The second-order valence-corrected chi connectivity index (χ2v) is 8.95. The molecule has 1 rings (SSSR count). The van der Waals surface area contributed by atoms with Crippen LogP contribution in [-0.2, 0) is 0 Å². The maximum Gasteiger partial charge on any atom is 0.493 e. The van der Waals surface area contributed by atoms with E-state index < -0.39 is 60.3 Å². The van der Waals surface area contributed by atoms with E-state index in [-0.39, 0.29) is 12.8 Å². The van der Waals surface area contributed by atoms with Gasteiger partial charge in [0.25, 0.3) is 0 Å². The van der Waals surface area contributed by atoms with Gasteiger partial charge in [-0.15, -0.1) is 0 Å². The molecule has 0 aliphatic rings. The van der Waals surface area contributed by atoms with Gasteiger partial charge in [-0.3, -0.25) is 0 Å². The molecule has 0 saturated carbocycles. The van der Waals surface area contributed by atoms with Crippen LogP contribution in [0.25, 0.3) is 0 Å². The Morgan fingerprint density at radius 1 is 0.607 bits per heavy atom. The number of benzene rings is 1. The van der Waals surface area contributed by atoms with Gasteiger partial charge in [0.1, 0.15) is 7.92 Å². The zero-order valence-electron chi connectivity index (χ0n) is 14.9. The Kier molecular flexibility index (Phi) is 9.03. The summed E-state index contributed by atoms with van der Waals surface area (Å²) in [6.45, 7) is 1.96. The summed E-state index contributed by atoms with van der Waals surface area (Å²) in [6, 6.07) is 0. The summed E-state index contributed by atoms with van der Waals surface area (Å²) in [6.07, 6.45) is -3.29. The number of rotatable bonds is 10. The van der Waals surface area contributed by atoms with Gasteiger partial charge >= 0.3 is 11.8 Å². The minimum absolute atomic E-state index is 0.210. The number of hydrogen-bond donors (Lipinski definition) is 0. The number of unbranched alkanes of at least 4 members (excludes halogenated alkanes) is 6. The van der Waals surface area contributed by atoms with Crippen molar-refractivity contribution in [2.24, 2.45) is 0 Å². The molecule has 0 nitrogen and oxygen atoms in total. The fraction of sp³-hybridized carbons (Fsp3) is 0.647. The van der Waals surface area contributed by atoms with Crippen molar-refractivity contribution in [2.45, 2.75) is 63.7 Å². The molecule has 1 atom stereocenters. The Bertz CT molecular complexity index is 627. The van der Waals surface area contributed by atoms with Crippen molar-refractivity contribution in [1.29, 1.82) is 0 Å². The fourth-order valence-electron chi connectivity index (χ4n) is 2.74. The molecule has 0 bridgehead atoms. The lowest BCUT2D eigenvalue weighted by molar-refractivity contribution is -0.240. The third-order valence-electron chi connectivity index (χ3n) is 4.28. The molecule has 0 radical (unpaired) electrons. The van der Waals surface area contributed by atoms with Gasteiger partial charge in [-0.2, -0.15) is 30.7 Å². The lowest BCUT2D eigenvalue weighted by atomic mass is 10.1. The summed E-state index contributed by atoms with van der Waals surface area (Å²) in [5.41, 5.74) is -5.57. The van der Waals surface area contributed by atoms with Crippen LogP contribution in [0.4, 0.5) is 43.9 Å². The van der Waals surface area contributed by atoms with Crippen molar-refractivity contribution in [3.8, 4) is 0 Å². The Morgan fingerprint density at radius 3 is 1.43 bits per heavy atom. The van der Waals surface area contributed by atoms with Crippen LogP contribution in [0.15, 0.2) is 0 Å². The van der Waals surface area contributed by atoms with E-state index in [1.165, 1.54) is 0 Å². The van der Waals surface area contributed by atoms with E-state index in [2.05, 4.69) is 0 Å². The van der Waals surface area contributed by atoms with E-state index in [0.29, 0.717) is 12.8 Å². The maximum atomic E-state index is 13.9. The molecule has 0 fully saturated rings. The van der Waals surface area contributed by atoms with E-state index in [0.717, 1.165) is 19.3 Å². The van der Waals surface area contributed by atoms with Crippen molar-refractivity contribution < 1.29 is 43.9 Å². The van der Waals surface area contributed by atoms with E-state index >= 15 is 0 Å². The van der Waals surface area contributed by atoms with Crippen molar-refractivity contribution in [2.75, 3.05) is 6.16 Å². The molecule has 0 N–H and O–H groups in total. The molecule has 0 amide bonds. The van der Waals surface area contributed by atoms with Gasteiger partial charge in [-0.25, -0.2) is 13.2 Å². The average molecular weight is 445 g/mol. The van der Waals surface area contributed by atoms with Crippen LogP contribution in [-0.4, -0.2) is 18.0 Å². The predicted molar refractivity (Wildman–Crippen MR) is 88.0 cm³/mol. The lowest BCUT2D eigenvalue weighted by Gasteiger charge is -2.23. The molecular formula is C17H20F10P+. The van der Waals surface area contributed by atoms with Gasteiger partial charge in [0.15, 0.2) is 5.30 Å². The van der Waals surface area contributed by atoms with Gasteiger partial charge in [0, 0.05) is 0 Å². The van der Waals surface area contributed by atoms with Gasteiger partial charge in [0.2, 0.25) is 29.1 Å². The van der Waals surface area contributed by atoms with E-state index in [9.17, 15) is 43.9 Å². The molecule has 1 aromatic rings. The zero-order chi connectivity index (χ0) is 21.7. The largest absolute Gasteiger partial charge is 0.493 e. The fourth-order valence-corrected chi connectivity index (χ4v) is 5.31. The van der Waals surface area contributed by atoms with Crippen LogP contribution in [0.5, 0.6) is 0 Å². The molecule has 0 spiro atoms. The molecule has 0 aliphatic carbocycles. The highest BCUT2D eigenvalue weighted by molar-refractivity contribution is 7.66. The van der Waals surface area contributed by atoms with Gasteiger partial charge in [0.05, 0.1) is 6.16 Å². The topological polar surface area (TPSA) is 0 Å². The zero-order valence-corrected chi connectivity index (χ0v) is 15.9. The molecule has 1 unspecified atom stereocenters. The molecule has 0 aliphatic heterocycles. The first kappa shape index (κ1) is 25.0. The van der Waals surface area contributed by atoms with Crippen LogP contribution >= 0.6 is 7.92 Å². The monoisotopic (exact) mass is 445 g/mol. The van der Waals surface area contributed by atoms with Gasteiger partial charge in [-0.1, -0.05) is 39.0 Å². The molecule has 11 heteroatoms. The number of halogens is 10. The molecule has 28 heavy (non-hydrogen) atoms. The Hall–Kier alpha value is -1.05. The smallest absolute Gasteiger partial charge is 0.200 e. The number of alkyl halides is 5. The summed E-state index contributed by atoms with van der Waals surface area (Å²) < 4.78 is 134. The van der Waals surface area contributed by atoms with Crippen LogP contribution < -0.4 is 5.30 Å². The van der Waals surface area contributed by atoms with E-state index in [4.69, 9.17) is 0 Å². The molecule has 162 valence electrons. The summed E-state index contributed by atoms with van der Waals surface area (Å²) in [5, 5.41) is -2.03. The minimum Gasteiger partial charge on any atom is -0.200 e. The summed E-state index contributed by atoms with van der Waals surface area (Å²) in [7, 11) is -4.53. The maximum absolute atomic E-state index is 13.9. The predicted octanol–water partition coefficient (Wildman–Crippen LogP) is 7.13. The summed E-state index contributed by atoms with van der Waals surface area (Å²) >= 11 is 0. The average Bonchev–Trinajstić information content (AvgIpc) is 2.61. The second-order valence-electron chi connectivity index (χ2n) is 6.37. The highest BCUT2D eigenvalue weighted by Crippen LogP contribution is 2.60. The summed E-state index contributed by atoms with van der Waals surface area (Å²) in [4.78, 5) is 0. The van der Waals surface area contributed by atoms with Crippen molar-refractivity contribution in [3.63, 3.8) is 0 Å². The van der Waals surface area contributed by atoms with E-state index in [1.54, 1.807) is 0 Å². The number of hydrogen-bond acceptors (Lipinski definition) is 0. The lowest BCUT2D eigenvalue weighted by Crippen LogP contribution is -2.40. The second kappa shape index (κ2) is 10.1. The third kappa shape index (κ3) is 5.51. The first-order chi connectivity index (χ1) is 12.9. The Morgan fingerprint density at radius 2 is 1.00 bits per heavy atom. The van der Waals surface area contributed by atoms with Crippen LogP contribution in [0, 0.1) is 29.1 Å². The normalized spacial score (nSPS) is 13.8. The third-order valence-corrected chi connectivity index (χ3v) is 7.21. The van der Waals surface area contributed by atoms with Gasteiger partial charge in [-0.05, 0) is 12.8 Å². The highest BCUT2D eigenvalue weighted by atomic mass is 31.1. The quantitative estimate of drug-likeness (QED) is 0.118. The first-order valence-electron chi connectivity index (χ1n) is 8.70. The molecular weight excluding hydrogens is 425 g/mol. The van der Waals surface area contributed by atoms with Crippen molar-refractivity contribution in [1.82, 2.24) is 0 Å². The molecule has 1 aromatic carbocycles. The first-order valence-corrected chi connectivity index (χ1v) is 10.4. The molecule has 0 aromatic heterocycles.